The van der Waals surface area contributed by atoms with Gasteiger partial charge in [-0.1, -0.05) is 13.3 Å². The topological polar surface area (TPSA) is 50.9 Å². The number of hydrogen-bond acceptors (Lipinski definition) is 3. The molecular formula is C9H17N3O. The van der Waals surface area contributed by atoms with Gasteiger partial charge in [-0.25, -0.2) is 0 Å². The Balaban J connectivity index is 2.75. The van der Waals surface area contributed by atoms with Crippen molar-refractivity contribution in [3.8, 4) is 0 Å². The van der Waals surface area contributed by atoms with Gasteiger partial charge in [0, 0.05) is 13.0 Å². The zero-order chi connectivity index (χ0) is 9.68. The highest BCUT2D eigenvalue weighted by Gasteiger charge is 2.08. The summed E-state index contributed by atoms with van der Waals surface area (Å²) in [7, 11) is 0. The van der Waals surface area contributed by atoms with Crippen molar-refractivity contribution < 1.29 is 5.11 Å². The molecule has 0 radical (unpaired) electrons. The van der Waals surface area contributed by atoms with Crippen molar-refractivity contribution in [2.75, 3.05) is 0 Å². The number of hydrogen-bond donors (Lipinski definition) is 1. The Morgan fingerprint density at radius 1 is 1.23 bits per heavy atom. The number of aliphatic hydroxyl groups is 1. The van der Waals surface area contributed by atoms with Crippen LogP contribution in [0, 0.1) is 0 Å². The van der Waals surface area contributed by atoms with Crippen molar-refractivity contribution in [2.24, 2.45) is 0 Å². The van der Waals surface area contributed by atoms with E-state index in [1.165, 1.54) is 0 Å². The maximum atomic E-state index is 8.96. The van der Waals surface area contributed by atoms with Crippen LogP contribution < -0.4 is 0 Å². The Hall–Kier alpha value is -0.900. The van der Waals surface area contributed by atoms with Gasteiger partial charge < -0.3 is 9.67 Å². The minimum absolute atomic E-state index is 0.0209. The smallest absolute Gasteiger partial charge is 0.158 e. The van der Waals surface area contributed by atoms with Crippen LogP contribution in [0.1, 0.15) is 38.3 Å². The molecule has 74 valence electrons. The molecule has 0 saturated heterocycles. The summed E-state index contributed by atoms with van der Waals surface area (Å²) in [6, 6.07) is 0. The SMILES string of the molecule is CCCCc1nnc(CO)n1CC. The summed E-state index contributed by atoms with van der Waals surface area (Å²) >= 11 is 0. The van der Waals surface area contributed by atoms with Crippen LogP contribution in [0.25, 0.3) is 0 Å². The van der Waals surface area contributed by atoms with Gasteiger partial charge in [0.25, 0.3) is 0 Å². The molecule has 0 saturated carbocycles. The Morgan fingerprint density at radius 3 is 2.46 bits per heavy atom. The van der Waals surface area contributed by atoms with E-state index in [0.29, 0.717) is 5.82 Å². The predicted molar refractivity (Wildman–Crippen MR) is 50.2 cm³/mol. The molecule has 0 aromatic carbocycles. The molecule has 1 aromatic rings. The average molecular weight is 183 g/mol. The number of aliphatic hydroxyl groups excluding tert-OH is 1. The van der Waals surface area contributed by atoms with Crippen LogP contribution in [0.15, 0.2) is 0 Å². The third-order valence-electron chi connectivity index (χ3n) is 2.12. The van der Waals surface area contributed by atoms with Gasteiger partial charge >= 0.3 is 0 Å². The number of aryl methyl sites for hydroxylation is 1. The molecule has 0 atom stereocenters. The van der Waals surface area contributed by atoms with E-state index in [1.54, 1.807) is 0 Å². The summed E-state index contributed by atoms with van der Waals surface area (Å²) in [6.07, 6.45) is 3.24. The molecule has 1 rings (SSSR count). The Bertz CT molecular complexity index is 257. The van der Waals surface area contributed by atoms with Crippen molar-refractivity contribution in [3.63, 3.8) is 0 Å². The summed E-state index contributed by atoms with van der Waals surface area (Å²) in [4.78, 5) is 0. The minimum atomic E-state index is -0.0209. The van der Waals surface area contributed by atoms with Crippen molar-refractivity contribution in [3.05, 3.63) is 11.6 Å². The molecule has 0 bridgehead atoms. The Labute approximate surface area is 78.6 Å². The number of nitrogens with zero attached hydrogens (tertiary/aromatic N) is 3. The van der Waals surface area contributed by atoms with Gasteiger partial charge in [0.05, 0.1) is 0 Å². The third-order valence-corrected chi connectivity index (χ3v) is 2.12. The van der Waals surface area contributed by atoms with Crippen LogP contribution in [-0.2, 0) is 19.6 Å². The standard InChI is InChI=1S/C9H17N3O/c1-3-5-6-8-10-11-9(7-13)12(8)4-2/h13H,3-7H2,1-2H3. The van der Waals surface area contributed by atoms with E-state index < -0.39 is 0 Å². The van der Waals surface area contributed by atoms with Crippen LogP contribution in [0.3, 0.4) is 0 Å². The molecule has 0 aliphatic carbocycles. The first-order valence-corrected chi connectivity index (χ1v) is 4.85. The molecule has 1 heterocycles. The highest BCUT2D eigenvalue weighted by molar-refractivity contribution is 4.94. The molecular weight excluding hydrogens is 166 g/mol. The summed E-state index contributed by atoms with van der Waals surface area (Å²) in [5.74, 6) is 1.67. The van der Waals surface area contributed by atoms with Crippen molar-refractivity contribution in [2.45, 2.75) is 46.3 Å². The van der Waals surface area contributed by atoms with E-state index in [1.807, 2.05) is 11.5 Å². The molecule has 0 spiro atoms. The van der Waals surface area contributed by atoms with Crippen LogP contribution in [0.5, 0.6) is 0 Å². The molecule has 0 aliphatic heterocycles. The molecule has 0 unspecified atom stereocenters. The van der Waals surface area contributed by atoms with E-state index in [9.17, 15) is 0 Å². The summed E-state index contributed by atoms with van der Waals surface area (Å²) in [5.41, 5.74) is 0. The third kappa shape index (κ3) is 2.28. The van der Waals surface area contributed by atoms with Crippen LogP contribution in [0.4, 0.5) is 0 Å². The first-order chi connectivity index (χ1) is 6.33. The minimum Gasteiger partial charge on any atom is -0.388 e. The number of unbranched alkanes of at least 4 members (excludes halogenated alkanes) is 1. The van der Waals surface area contributed by atoms with Gasteiger partial charge in [0.2, 0.25) is 0 Å². The first kappa shape index (κ1) is 10.2. The Kier molecular flexibility index (Phi) is 3.89. The lowest BCUT2D eigenvalue weighted by Crippen LogP contribution is -2.06. The van der Waals surface area contributed by atoms with Crippen LogP contribution >= 0.6 is 0 Å². The van der Waals surface area contributed by atoms with Crippen molar-refractivity contribution in [1.29, 1.82) is 0 Å². The number of aromatic nitrogens is 3. The quantitative estimate of drug-likeness (QED) is 0.744. The molecule has 0 amide bonds. The molecule has 1 aromatic heterocycles. The first-order valence-electron chi connectivity index (χ1n) is 4.85. The zero-order valence-electron chi connectivity index (χ0n) is 8.32. The lowest BCUT2D eigenvalue weighted by Gasteiger charge is -2.04. The molecule has 1 N–H and O–H groups in total. The van der Waals surface area contributed by atoms with E-state index in [0.717, 1.165) is 31.6 Å². The van der Waals surface area contributed by atoms with Gasteiger partial charge in [-0.2, -0.15) is 0 Å². The van der Waals surface area contributed by atoms with Crippen LogP contribution in [0.2, 0.25) is 0 Å². The molecule has 13 heavy (non-hydrogen) atoms. The fourth-order valence-corrected chi connectivity index (χ4v) is 1.37. The molecule has 4 nitrogen and oxygen atoms in total. The maximum absolute atomic E-state index is 8.96. The lowest BCUT2D eigenvalue weighted by molar-refractivity contribution is 0.264. The monoisotopic (exact) mass is 183 g/mol. The fraction of sp³-hybridized carbons (Fsp3) is 0.778. The van der Waals surface area contributed by atoms with Gasteiger partial charge in [-0.15, -0.1) is 10.2 Å². The highest BCUT2D eigenvalue weighted by atomic mass is 16.3. The molecule has 0 aliphatic rings. The second-order valence-corrected chi connectivity index (χ2v) is 3.04. The summed E-state index contributed by atoms with van der Waals surface area (Å²) in [5, 5.41) is 16.9. The average Bonchev–Trinajstić information content (AvgIpc) is 2.56. The summed E-state index contributed by atoms with van der Waals surface area (Å²) < 4.78 is 1.98. The van der Waals surface area contributed by atoms with Crippen molar-refractivity contribution in [1.82, 2.24) is 14.8 Å². The summed E-state index contributed by atoms with van der Waals surface area (Å²) in [6.45, 7) is 5.01. The fourth-order valence-electron chi connectivity index (χ4n) is 1.37. The van der Waals surface area contributed by atoms with E-state index in [4.69, 9.17) is 5.11 Å². The van der Waals surface area contributed by atoms with E-state index in [-0.39, 0.29) is 6.61 Å². The van der Waals surface area contributed by atoms with E-state index >= 15 is 0 Å². The Morgan fingerprint density at radius 2 is 1.92 bits per heavy atom. The predicted octanol–water partition coefficient (Wildman–Crippen LogP) is 1.13. The second-order valence-electron chi connectivity index (χ2n) is 3.04. The van der Waals surface area contributed by atoms with Gasteiger partial charge in [0.1, 0.15) is 12.4 Å². The normalized spacial score (nSPS) is 10.7. The zero-order valence-corrected chi connectivity index (χ0v) is 8.32. The van der Waals surface area contributed by atoms with Gasteiger partial charge in [-0.3, -0.25) is 0 Å². The number of rotatable bonds is 5. The lowest BCUT2D eigenvalue weighted by atomic mass is 10.2. The van der Waals surface area contributed by atoms with Gasteiger partial charge in [0.15, 0.2) is 5.82 Å². The highest BCUT2D eigenvalue weighted by Crippen LogP contribution is 2.05. The largest absolute Gasteiger partial charge is 0.388 e. The van der Waals surface area contributed by atoms with Crippen molar-refractivity contribution >= 4 is 0 Å². The molecule has 0 fully saturated rings. The van der Waals surface area contributed by atoms with Crippen LogP contribution in [-0.4, -0.2) is 19.9 Å². The maximum Gasteiger partial charge on any atom is 0.158 e. The van der Waals surface area contributed by atoms with E-state index in [2.05, 4.69) is 17.1 Å². The second kappa shape index (κ2) is 4.97. The van der Waals surface area contributed by atoms with Gasteiger partial charge in [-0.05, 0) is 13.3 Å². The molecule has 4 heteroatoms.